The Morgan fingerprint density at radius 2 is 1.89 bits per heavy atom. The minimum Gasteiger partial charge on any atom is -0.357 e. The topological polar surface area (TPSA) is 42.7 Å². The monoisotopic (exact) mass is 420 g/mol. The number of hydrogen-bond donors (Lipinski definition) is 1. The van der Waals surface area contributed by atoms with Crippen molar-refractivity contribution in [1.82, 2.24) is 14.8 Å². The first kappa shape index (κ1) is 18.7. The number of thiazole rings is 1. The van der Waals surface area contributed by atoms with E-state index in [0.717, 1.165) is 28.4 Å². The molecule has 4 nitrogen and oxygen atoms in total. The molecule has 0 amide bonds. The van der Waals surface area contributed by atoms with E-state index in [2.05, 4.69) is 26.8 Å². The van der Waals surface area contributed by atoms with Crippen molar-refractivity contribution in [2.45, 2.75) is 20.0 Å². The molecule has 4 aromatic rings. The lowest BCUT2D eigenvalue weighted by atomic mass is 10.2. The van der Waals surface area contributed by atoms with Crippen molar-refractivity contribution in [2.24, 2.45) is 0 Å². The first-order valence-corrected chi connectivity index (χ1v) is 10.1. The first-order chi connectivity index (χ1) is 13.5. The molecule has 0 unspecified atom stereocenters. The van der Waals surface area contributed by atoms with E-state index < -0.39 is 17.5 Å². The molecule has 0 fully saturated rings. The van der Waals surface area contributed by atoms with Crippen LogP contribution in [0.2, 0.25) is 0 Å². The van der Waals surface area contributed by atoms with E-state index >= 15 is 0 Å². The van der Waals surface area contributed by atoms with Gasteiger partial charge in [-0.25, -0.2) is 18.2 Å². The minimum absolute atomic E-state index is 0.132. The van der Waals surface area contributed by atoms with Gasteiger partial charge < -0.3 is 5.32 Å². The van der Waals surface area contributed by atoms with Crippen molar-refractivity contribution in [3.8, 4) is 10.6 Å². The highest BCUT2D eigenvalue weighted by atomic mass is 32.1. The number of anilines is 1. The summed E-state index contributed by atoms with van der Waals surface area (Å²) in [4.78, 5) is 5.37. The normalized spacial score (nSPS) is 11.1. The third kappa shape index (κ3) is 3.95. The Balaban J connectivity index is 1.47. The zero-order valence-corrected chi connectivity index (χ0v) is 16.4. The largest absolute Gasteiger partial charge is 0.357 e. The molecule has 0 aliphatic rings. The fourth-order valence-electron chi connectivity index (χ4n) is 2.74. The van der Waals surface area contributed by atoms with Gasteiger partial charge in [-0.05, 0) is 53.1 Å². The van der Waals surface area contributed by atoms with Crippen LogP contribution in [0.1, 0.15) is 16.8 Å². The third-order valence-electron chi connectivity index (χ3n) is 4.08. The Morgan fingerprint density at radius 3 is 2.61 bits per heavy atom. The summed E-state index contributed by atoms with van der Waals surface area (Å²) in [5.41, 5.74) is 3.12. The Hall–Kier alpha value is -2.65. The molecule has 1 N–H and O–H groups in total. The Bertz CT molecular complexity index is 1080. The van der Waals surface area contributed by atoms with Gasteiger partial charge in [0.2, 0.25) is 0 Å². The average molecular weight is 420 g/mol. The molecule has 0 spiro atoms. The lowest BCUT2D eigenvalue weighted by Gasteiger charge is -2.04. The van der Waals surface area contributed by atoms with E-state index in [-0.39, 0.29) is 6.54 Å². The van der Waals surface area contributed by atoms with Gasteiger partial charge in [0, 0.05) is 12.7 Å². The number of halogens is 3. The molecule has 0 bridgehead atoms. The number of nitrogens with zero attached hydrogens (tertiary/aromatic N) is 3. The highest BCUT2D eigenvalue weighted by molar-refractivity contribution is 7.19. The summed E-state index contributed by atoms with van der Waals surface area (Å²) in [5.74, 6) is -3.87. The molecule has 4 rings (SSSR count). The second-order valence-electron chi connectivity index (χ2n) is 6.19. The molecule has 144 valence electrons. The van der Waals surface area contributed by atoms with Crippen molar-refractivity contribution in [1.29, 1.82) is 0 Å². The van der Waals surface area contributed by atoms with E-state index in [1.807, 2.05) is 29.2 Å². The van der Waals surface area contributed by atoms with Gasteiger partial charge in [-0.3, -0.25) is 4.68 Å². The SMILES string of the molecule is Cc1nc(NCc2cc(F)c(F)c(F)c2)sc1-c1ccn(Cc2ccsc2)n1. The number of hydrogen-bond acceptors (Lipinski definition) is 5. The zero-order chi connectivity index (χ0) is 19.7. The van der Waals surface area contributed by atoms with Crippen LogP contribution in [-0.2, 0) is 13.1 Å². The maximum absolute atomic E-state index is 13.3. The van der Waals surface area contributed by atoms with Crippen molar-refractivity contribution >= 4 is 27.8 Å². The highest BCUT2D eigenvalue weighted by Crippen LogP contribution is 2.32. The van der Waals surface area contributed by atoms with E-state index in [9.17, 15) is 13.2 Å². The van der Waals surface area contributed by atoms with Crippen molar-refractivity contribution < 1.29 is 13.2 Å². The number of aromatic nitrogens is 3. The summed E-state index contributed by atoms with van der Waals surface area (Å²) in [7, 11) is 0. The van der Waals surface area contributed by atoms with Crippen LogP contribution in [0.5, 0.6) is 0 Å². The molecule has 28 heavy (non-hydrogen) atoms. The summed E-state index contributed by atoms with van der Waals surface area (Å²) in [6.07, 6.45) is 1.92. The number of benzene rings is 1. The quantitative estimate of drug-likeness (QED) is 0.422. The van der Waals surface area contributed by atoms with E-state index in [4.69, 9.17) is 0 Å². The van der Waals surface area contributed by atoms with Crippen LogP contribution >= 0.6 is 22.7 Å². The predicted octanol–water partition coefficient (Wildman–Crippen LogP) is 5.45. The van der Waals surface area contributed by atoms with Gasteiger partial charge in [0.05, 0.1) is 17.1 Å². The fourth-order valence-corrected chi connectivity index (χ4v) is 4.32. The van der Waals surface area contributed by atoms with Crippen LogP contribution in [0.15, 0.2) is 41.2 Å². The number of thiophene rings is 1. The van der Waals surface area contributed by atoms with Crippen LogP contribution in [0.4, 0.5) is 18.3 Å². The Kier molecular flexibility index (Phi) is 5.19. The summed E-state index contributed by atoms with van der Waals surface area (Å²) >= 11 is 3.06. The molecule has 0 saturated heterocycles. The molecule has 0 atom stereocenters. The summed E-state index contributed by atoms with van der Waals surface area (Å²) in [5, 5.41) is 12.4. The molecule has 0 aliphatic carbocycles. The van der Waals surface area contributed by atoms with Gasteiger partial charge >= 0.3 is 0 Å². The predicted molar refractivity (Wildman–Crippen MR) is 105 cm³/mol. The van der Waals surface area contributed by atoms with E-state index in [1.165, 1.54) is 16.9 Å². The fraction of sp³-hybridized carbons (Fsp3) is 0.158. The second kappa shape index (κ2) is 7.76. The maximum atomic E-state index is 13.3. The van der Waals surface area contributed by atoms with Crippen LogP contribution < -0.4 is 5.32 Å². The van der Waals surface area contributed by atoms with E-state index in [1.54, 1.807) is 11.3 Å². The molecule has 0 radical (unpaired) electrons. The molecular formula is C19H15F3N4S2. The molecule has 0 aliphatic heterocycles. The molecule has 3 heterocycles. The molecule has 9 heteroatoms. The number of aryl methyl sites for hydroxylation is 1. The van der Waals surface area contributed by atoms with Gasteiger partial charge in [0.25, 0.3) is 0 Å². The summed E-state index contributed by atoms with van der Waals surface area (Å²) < 4.78 is 41.6. The molecule has 1 aromatic carbocycles. The van der Waals surface area contributed by atoms with Crippen molar-refractivity contribution in [3.63, 3.8) is 0 Å². The van der Waals surface area contributed by atoms with Crippen LogP contribution in [0, 0.1) is 24.4 Å². The Morgan fingerprint density at radius 1 is 1.11 bits per heavy atom. The third-order valence-corrected chi connectivity index (χ3v) is 5.95. The van der Waals surface area contributed by atoms with Crippen LogP contribution in [-0.4, -0.2) is 14.8 Å². The number of rotatable bonds is 6. The van der Waals surface area contributed by atoms with Gasteiger partial charge in [-0.2, -0.15) is 16.4 Å². The smallest absolute Gasteiger partial charge is 0.194 e. The average Bonchev–Trinajstić information content (AvgIpc) is 3.40. The van der Waals surface area contributed by atoms with Crippen molar-refractivity contribution in [3.05, 3.63) is 75.5 Å². The van der Waals surface area contributed by atoms with Gasteiger partial charge in [0.1, 0.15) is 5.69 Å². The minimum atomic E-state index is -1.46. The first-order valence-electron chi connectivity index (χ1n) is 8.39. The zero-order valence-electron chi connectivity index (χ0n) is 14.7. The summed E-state index contributed by atoms with van der Waals surface area (Å²) in [6, 6.07) is 5.94. The van der Waals surface area contributed by atoms with Crippen molar-refractivity contribution in [2.75, 3.05) is 5.32 Å². The van der Waals surface area contributed by atoms with E-state index in [0.29, 0.717) is 17.2 Å². The summed E-state index contributed by atoms with van der Waals surface area (Å²) in [6.45, 7) is 2.72. The maximum Gasteiger partial charge on any atom is 0.194 e. The lowest BCUT2D eigenvalue weighted by molar-refractivity contribution is 0.445. The number of nitrogens with one attached hydrogen (secondary N) is 1. The second-order valence-corrected chi connectivity index (χ2v) is 7.97. The van der Waals surface area contributed by atoms with Gasteiger partial charge in [0.15, 0.2) is 22.6 Å². The highest BCUT2D eigenvalue weighted by Gasteiger charge is 2.14. The van der Waals surface area contributed by atoms with Gasteiger partial charge in [-0.1, -0.05) is 11.3 Å². The standard InChI is InChI=1S/C19H15F3N4S2/c1-11-18(16-2-4-26(25-16)9-12-3-5-27-10-12)28-19(24-11)23-8-13-6-14(20)17(22)15(21)7-13/h2-7,10H,8-9H2,1H3,(H,23,24). The molecule has 0 saturated carbocycles. The Labute approximate surface area is 167 Å². The molecule has 3 aromatic heterocycles. The van der Waals surface area contributed by atoms with Gasteiger partial charge in [-0.15, -0.1) is 0 Å². The van der Waals surface area contributed by atoms with Crippen LogP contribution in [0.3, 0.4) is 0 Å². The molecular weight excluding hydrogens is 405 g/mol. The lowest BCUT2D eigenvalue weighted by Crippen LogP contribution is -2.02. The van der Waals surface area contributed by atoms with Crippen LogP contribution in [0.25, 0.3) is 10.6 Å².